The molecule has 0 saturated carbocycles. The van der Waals surface area contributed by atoms with E-state index in [9.17, 15) is 9.90 Å². The summed E-state index contributed by atoms with van der Waals surface area (Å²) in [6, 6.07) is 0. The second-order valence-electron chi connectivity index (χ2n) is 2.95. The number of rotatable bonds is 3. The number of aliphatic hydroxyl groups is 1. The van der Waals surface area contributed by atoms with Crippen LogP contribution in [0.4, 0.5) is 0 Å². The van der Waals surface area contributed by atoms with Crippen molar-refractivity contribution >= 4 is 5.97 Å². The molecule has 0 spiro atoms. The van der Waals surface area contributed by atoms with Crippen molar-refractivity contribution in [1.29, 1.82) is 0 Å². The average Bonchev–Trinajstić information content (AvgIpc) is 2.18. The minimum atomic E-state index is -0.867. The third-order valence-electron chi connectivity index (χ3n) is 1.82. The van der Waals surface area contributed by atoms with Crippen LogP contribution in [-0.4, -0.2) is 36.5 Å². The summed E-state index contributed by atoms with van der Waals surface area (Å²) in [6.07, 6.45) is 0.00993. The SMILES string of the molecule is CCOC(=O)C1C=C(C(C)O)COO1. The summed E-state index contributed by atoms with van der Waals surface area (Å²) in [5, 5.41) is 9.25. The van der Waals surface area contributed by atoms with Gasteiger partial charge in [-0.15, -0.1) is 0 Å². The minimum Gasteiger partial charge on any atom is -0.464 e. The van der Waals surface area contributed by atoms with E-state index in [0.29, 0.717) is 5.57 Å². The molecule has 80 valence electrons. The Kier molecular flexibility index (Phi) is 4.06. The van der Waals surface area contributed by atoms with Crippen LogP contribution in [0.5, 0.6) is 0 Å². The van der Waals surface area contributed by atoms with Gasteiger partial charge in [0.05, 0.1) is 12.7 Å². The Balaban J connectivity index is 2.62. The lowest BCUT2D eigenvalue weighted by atomic mass is 10.1. The van der Waals surface area contributed by atoms with Gasteiger partial charge in [0.1, 0.15) is 6.61 Å². The molecule has 1 heterocycles. The Hall–Kier alpha value is -0.910. The van der Waals surface area contributed by atoms with Crippen LogP contribution in [0, 0.1) is 0 Å². The average molecular weight is 202 g/mol. The van der Waals surface area contributed by atoms with Crippen molar-refractivity contribution in [2.45, 2.75) is 26.1 Å². The van der Waals surface area contributed by atoms with E-state index in [0.717, 1.165) is 0 Å². The third kappa shape index (κ3) is 2.80. The first-order chi connectivity index (χ1) is 6.65. The Morgan fingerprint density at radius 3 is 3.14 bits per heavy atom. The fourth-order valence-electron chi connectivity index (χ4n) is 1.04. The molecule has 0 bridgehead atoms. The number of esters is 1. The molecule has 0 aliphatic carbocycles. The van der Waals surface area contributed by atoms with Crippen LogP contribution in [0.2, 0.25) is 0 Å². The summed E-state index contributed by atoms with van der Waals surface area (Å²) in [6.45, 7) is 3.77. The molecule has 5 nitrogen and oxygen atoms in total. The Bertz CT molecular complexity index is 233. The summed E-state index contributed by atoms with van der Waals surface area (Å²) in [4.78, 5) is 20.6. The Morgan fingerprint density at radius 1 is 1.86 bits per heavy atom. The topological polar surface area (TPSA) is 65.0 Å². The van der Waals surface area contributed by atoms with Crippen molar-refractivity contribution in [1.82, 2.24) is 0 Å². The standard InChI is InChI=1S/C9H14O5/c1-3-12-9(11)8-4-7(6(2)10)5-13-14-8/h4,6,8,10H,3,5H2,1-2H3. The normalized spacial score (nSPS) is 23.9. The molecule has 0 amide bonds. The number of aliphatic hydroxyl groups excluding tert-OH is 1. The number of carbonyl (C=O) groups is 1. The highest BCUT2D eigenvalue weighted by molar-refractivity contribution is 5.77. The minimum absolute atomic E-state index is 0.174. The number of hydrogen-bond donors (Lipinski definition) is 1. The van der Waals surface area contributed by atoms with Crippen molar-refractivity contribution in [3.8, 4) is 0 Å². The number of ether oxygens (including phenoxy) is 1. The zero-order chi connectivity index (χ0) is 10.6. The van der Waals surface area contributed by atoms with Crippen molar-refractivity contribution < 1.29 is 24.4 Å². The molecule has 2 unspecified atom stereocenters. The predicted molar refractivity (Wildman–Crippen MR) is 47.2 cm³/mol. The van der Waals surface area contributed by atoms with Gasteiger partial charge in [0.2, 0.25) is 6.10 Å². The second-order valence-corrected chi connectivity index (χ2v) is 2.95. The smallest absolute Gasteiger partial charge is 0.342 e. The van der Waals surface area contributed by atoms with E-state index in [2.05, 4.69) is 0 Å². The highest BCUT2D eigenvalue weighted by Crippen LogP contribution is 2.14. The van der Waals surface area contributed by atoms with E-state index in [1.165, 1.54) is 6.08 Å². The lowest BCUT2D eigenvalue weighted by Crippen LogP contribution is -2.31. The van der Waals surface area contributed by atoms with Crippen molar-refractivity contribution in [2.75, 3.05) is 13.2 Å². The molecule has 0 fully saturated rings. The second kappa shape index (κ2) is 5.09. The first kappa shape index (κ1) is 11.2. The molecule has 0 aromatic rings. The van der Waals surface area contributed by atoms with E-state index < -0.39 is 18.2 Å². The molecule has 0 aromatic heterocycles. The highest BCUT2D eigenvalue weighted by atomic mass is 17.2. The van der Waals surface area contributed by atoms with Gasteiger partial charge in [-0.25, -0.2) is 14.6 Å². The van der Waals surface area contributed by atoms with Gasteiger partial charge in [0, 0.05) is 0 Å². The van der Waals surface area contributed by atoms with Gasteiger partial charge >= 0.3 is 5.97 Å². The quantitative estimate of drug-likeness (QED) is 0.402. The Labute approximate surface area is 82.2 Å². The van der Waals surface area contributed by atoms with E-state index in [1.54, 1.807) is 13.8 Å². The van der Waals surface area contributed by atoms with Crippen LogP contribution in [-0.2, 0) is 19.3 Å². The van der Waals surface area contributed by atoms with Gasteiger partial charge in [0.25, 0.3) is 0 Å². The van der Waals surface area contributed by atoms with Gasteiger partial charge in [0.15, 0.2) is 0 Å². The molecule has 1 N–H and O–H groups in total. The lowest BCUT2D eigenvalue weighted by molar-refractivity contribution is -0.313. The third-order valence-corrected chi connectivity index (χ3v) is 1.82. The van der Waals surface area contributed by atoms with Crippen LogP contribution in [0.1, 0.15) is 13.8 Å². The van der Waals surface area contributed by atoms with Crippen molar-refractivity contribution in [3.63, 3.8) is 0 Å². The molecule has 1 aliphatic rings. The molecule has 0 aromatic carbocycles. The van der Waals surface area contributed by atoms with Crippen molar-refractivity contribution in [2.24, 2.45) is 0 Å². The van der Waals surface area contributed by atoms with Gasteiger partial charge in [-0.1, -0.05) is 0 Å². The lowest BCUT2D eigenvalue weighted by Gasteiger charge is -2.20. The number of hydrogen-bond acceptors (Lipinski definition) is 5. The fourth-order valence-corrected chi connectivity index (χ4v) is 1.04. The molecular weight excluding hydrogens is 188 g/mol. The summed E-state index contributed by atoms with van der Waals surface area (Å²) >= 11 is 0. The maximum Gasteiger partial charge on any atom is 0.342 e. The highest BCUT2D eigenvalue weighted by Gasteiger charge is 2.25. The van der Waals surface area contributed by atoms with Gasteiger partial charge < -0.3 is 9.84 Å². The van der Waals surface area contributed by atoms with Gasteiger partial charge in [-0.05, 0) is 25.5 Å². The van der Waals surface area contributed by atoms with Crippen LogP contribution in [0.25, 0.3) is 0 Å². The largest absolute Gasteiger partial charge is 0.464 e. The van der Waals surface area contributed by atoms with E-state index >= 15 is 0 Å². The molecule has 2 atom stereocenters. The summed E-state index contributed by atoms with van der Waals surface area (Å²) in [5.74, 6) is -0.509. The summed E-state index contributed by atoms with van der Waals surface area (Å²) in [7, 11) is 0. The monoisotopic (exact) mass is 202 g/mol. The molecule has 1 aliphatic heterocycles. The van der Waals surface area contributed by atoms with Crippen LogP contribution >= 0.6 is 0 Å². The zero-order valence-electron chi connectivity index (χ0n) is 8.23. The van der Waals surface area contributed by atoms with Crippen LogP contribution < -0.4 is 0 Å². The van der Waals surface area contributed by atoms with Crippen molar-refractivity contribution in [3.05, 3.63) is 11.6 Å². The fraction of sp³-hybridized carbons (Fsp3) is 0.667. The summed E-state index contributed by atoms with van der Waals surface area (Å²) < 4.78 is 4.74. The van der Waals surface area contributed by atoms with Gasteiger partial charge in [-0.3, -0.25) is 0 Å². The van der Waals surface area contributed by atoms with Crippen LogP contribution in [0.3, 0.4) is 0 Å². The molecule has 0 saturated heterocycles. The first-order valence-electron chi connectivity index (χ1n) is 4.48. The van der Waals surface area contributed by atoms with E-state index in [1.807, 2.05) is 0 Å². The summed E-state index contributed by atoms with van der Waals surface area (Å²) in [5.41, 5.74) is 0.620. The van der Waals surface area contributed by atoms with Crippen LogP contribution in [0.15, 0.2) is 11.6 Å². The molecule has 0 radical (unpaired) electrons. The molecular formula is C9H14O5. The van der Waals surface area contributed by atoms with E-state index in [4.69, 9.17) is 14.5 Å². The number of carbonyl (C=O) groups excluding carboxylic acids is 1. The zero-order valence-corrected chi connectivity index (χ0v) is 8.23. The predicted octanol–water partition coefficient (Wildman–Crippen LogP) is 0.187. The van der Waals surface area contributed by atoms with Gasteiger partial charge in [-0.2, -0.15) is 0 Å². The van der Waals surface area contributed by atoms with E-state index in [-0.39, 0.29) is 13.2 Å². The molecule has 5 heteroatoms. The molecule has 1 rings (SSSR count). The Morgan fingerprint density at radius 2 is 2.57 bits per heavy atom. The first-order valence-corrected chi connectivity index (χ1v) is 4.48. The maximum absolute atomic E-state index is 11.2. The maximum atomic E-state index is 11.2. The molecule has 14 heavy (non-hydrogen) atoms.